The van der Waals surface area contributed by atoms with Crippen LogP contribution in [0.2, 0.25) is 10.0 Å². The summed E-state index contributed by atoms with van der Waals surface area (Å²) < 4.78 is 0. The Morgan fingerprint density at radius 1 is 1.60 bits per heavy atom. The molecule has 1 unspecified atom stereocenters. The van der Waals surface area contributed by atoms with Gasteiger partial charge in [0, 0.05) is 19.3 Å². The van der Waals surface area contributed by atoms with Gasteiger partial charge in [0.25, 0.3) is 0 Å². The fourth-order valence-electron chi connectivity index (χ4n) is 1.14. The predicted molar refractivity (Wildman–Crippen MR) is 62.4 cm³/mol. The van der Waals surface area contributed by atoms with E-state index in [1.54, 1.807) is 12.3 Å². The number of hydrogen-bond acceptors (Lipinski definition) is 3. The average Bonchev–Trinajstić information content (AvgIpc) is 2.17. The normalized spacial score (nSPS) is 11.9. The van der Waals surface area contributed by atoms with Crippen molar-refractivity contribution in [1.82, 2.24) is 4.98 Å². The molecule has 5 heteroatoms. The summed E-state index contributed by atoms with van der Waals surface area (Å²) in [5, 5.41) is 9.59. The maximum absolute atomic E-state index is 8.59. The molecule has 80 valence electrons. The van der Waals surface area contributed by atoms with Gasteiger partial charge in [-0.1, -0.05) is 23.2 Å². The van der Waals surface area contributed by atoms with Crippen LogP contribution in [0.1, 0.15) is 13.3 Å². The number of rotatable bonds is 3. The lowest BCUT2D eigenvalue weighted by atomic mass is 10.2. The predicted octanol–water partition coefficient (Wildman–Crippen LogP) is 3.13. The molecule has 0 N–H and O–H groups in total. The Kier molecular flexibility index (Phi) is 4.19. The van der Waals surface area contributed by atoms with Gasteiger partial charge >= 0.3 is 0 Å². The van der Waals surface area contributed by atoms with Gasteiger partial charge in [-0.3, -0.25) is 0 Å². The number of hydrogen-bond donors (Lipinski definition) is 0. The Labute approximate surface area is 99.2 Å². The fraction of sp³-hybridized carbons (Fsp3) is 0.400. The van der Waals surface area contributed by atoms with Crippen molar-refractivity contribution in [3.63, 3.8) is 0 Å². The minimum Gasteiger partial charge on any atom is -0.355 e. The minimum absolute atomic E-state index is 0.0705. The second kappa shape index (κ2) is 5.20. The van der Waals surface area contributed by atoms with Gasteiger partial charge in [0.15, 0.2) is 0 Å². The van der Waals surface area contributed by atoms with E-state index in [9.17, 15) is 0 Å². The molecule has 1 atom stereocenters. The van der Waals surface area contributed by atoms with Crippen LogP contribution in [0.4, 0.5) is 5.82 Å². The van der Waals surface area contributed by atoms with Gasteiger partial charge < -0.3 is 4.90 Å². The topological polar surface area (TPSA) is 39.9 Å². The number of pyridine rings is 1. The molecule has 0 amide bonds. The van der Waals surface area contributed by atoms with E-state index in [1.165, 1.54) is 0 Å². The monoisotopic (exact) mass is 243 g/mol. The summed E-state index contributed by atoms with van der Waals surface area (Å²) in [6.07, 6.45) is 1.97. The van der Waals surface area contributed by atoms with Crippen molar-refractivity contribution in [2.45, 2.75) is 19.4 Å². The molecule has 1 aromatic rings. The SMILES string of the molecule is CC(CC#N)N(C)c1ncc(Cl)cc1Cl. The molecule has 3 nitrogen and oxygen atoms in total. The number of anilines is 1. The lowest BCUT2D eigenvalue weighted by molar-refractivity contribution is 0.694. The molecule has 0 aliphatic carbocycles. The first-order chi connectivity index (χ1) is 7.06. The van der Waals surface area contributed by atoms with Crippen LogP contribution in [0.15, 0.2) is 12.3 Å². The molecule has 0 aromatic carbocycles. The zero-order valence-electron chi connectivity index (χ0n) is 8.54. The maximum atomic E-state index is 8.59. The molecule has 0 saturated carbocycles. The van der Waals surface area contributed by atoms with Gasteiger partial charge in [0.1, 0.15) is 5.82 Å². The van der Waals surface area contributed by atoms with E-state index >= 15 is 0 Å². The Morgan fingerprint density at radius 3 is 2.80 bits per heavy atom. The lowest BCUT2D eigenvalue weighted by Gasteiger charge is -2.24. The molecule has 0 spiro atoms. The van der Waals surface area contributed by atoms with Crippen molar-refractivity contribution >= 4 is 29.0 Å². The van der Waals surface area contributed by atoms with Gasteiger partial charge in [0.05, 0.1) is 22.5 Å². The number of halogens is 2. The van der Waals surface area contributed by atoms with E-state index in [0.717, 1.165) is 0 Å². The molecule has 1 heterocycles. The van der Waals surface area contributed by atoms with Crippen molar-refractivity contribution in [2.75, 3.05) is 11.9 Å². The molecule has 0 aliphatic heterocycles. The average molecular weight is 244 g/mol. The number of aromatic nitrogens is 1. The fourth-order valence-corrected chi connectivity index (χ4v) is 1.66. The second-order valence-corrected chi connectivity index (χ2v) is 4.12. The molecular formula is C10H11Cl2N3. The van der Waals surface area contributed by atoms with Crippen molar-refractivity contribution in [2.24, 2.45) is 0 Å². The van der Waals surface area contributed by atoms with Gasteiger partial charge in [-0.05, 0) is 13.0 Å². The summed E-state index contributed by atoms with van der Waals surface area (Å²) in [5.74, 6) is 0.642. The third kappa shape index (κ3) is 2.98. The Hall–Kier alpha value is -0.980. The summed E-state index contributed by atoms with van der Waals surface area (Å²) in [5.41, 5.74) is 0. The summed E-state index contributed by atoms with van der Waals surface area (Å²) in [7, 11) is 1.85. The summed E-state index contributed by atoms with van der Waals surface area (Å²) in [6.45, 7) is 1.94. The highest BCUT2D eigenvalue weighted by atomic mass is 35.5. The van der Waals surface area contributed by atoms with E-state index < -0.39 is 0 Å². The molecule has 1 rings (SSSR count). The Balaban J connectivity index is 2.91. The van der Waals surface area contributed by atoms with Crippen LogP contribution in [0.25, 0.3) is 0 Å². The smallest absolute Gasteiger partial charge is 0.147 e. The molecule has 0 radical (unpaired) electrons. The third-order valence-corrected chi connectivity index (χ3v) is 2.66. The highest BCUT2D eigenvalue weighted by molar-refractivity contribution is 6.36. The third-order valence-electron chi connectivity index (χ3n) is 2.17. The summed E-state index contributed by atoms with van der Waals surface area (Å²) >= 11 is 11.7. The first-order valence-corrected chi connectivity index (χ1v) is 5.22. The first-order valence-electron chi connectivity index (χ1n) is 4.47. The number of nitrogens with zero attached hydrogens (tertiary/aromatic N) is 3. The van der Waals surface area contributed by atoms with Crippen molar-refractivity contribution in [3.05, 3.63) is 22.3 Å². The van der Waals surface area contributed by atoms with E-state index in [-0.39, 0.29) is 6.04 Å². The van der Waals surface area contributed by atoms with Crippen molar-refractivity contribution < 1.29 is 0 Å². The van der Waals surface area contributed by atoms with Gasteiger partial charge in [-0.2, -0.15) is 5.26 Å². The minimum atomic E-state index is 0.0705. The molecule has 0 fully saturated rings. The zero-order chi connectivity index (χ0) is 11.4. The molecule has 0 aliphatic rings. The number of nitriles is 1. The van der Waals surface area contributed by atoms with Crippen LogP contribution in [-0.4, -0.2) is 18.1 Å². The standard InChI is InChI=1S/C10H11Cl2N3/c1-7(3-4-13)15(2)10-9(12)5-8(11)6-14-10/h5-7H,3H2,1-2H3. The Morgan fingerprint density at radius 2 is 2.27 bits per heavy atom. The second-order valence-electron chi connectivity index (χ2n) is 3.28. The largest absolute Gasteiger partial charge is 0.355 e. The van der Waals surface area contributed by atoms with Crippen molar-refractivity contribution in [1.29, 1.82) is 5.26 Å². The van der Waals surface area contributed by atoms with E-state index in [2.05, 4.69) is 11.1 Å². The first kappa shape index (κ1) is 12.1. The summed E-state index contributed by atoms with van der Waals surface area (Å²) in [6, 6.07) is 3.82. The van der Waals surface area contributed by atoms with E-state index in [1.807, 2.05) is 18.9 Å². The molecular weight excluding hydrogens is 233 g/mol. The Bertz CT molecular complexity index is 387. The molecule has 15 heavy (non-hydrogen) atoms. The van der Waals surface area contributed by atoms with Gasteiger partial charge in [-0.15, -0.1) is 0 Å². The maximum Gasteiger partial charge on any atom is 0.147 e. The lowest BCUT2D eigenvalue weighted by Crippen LogP contribution is -2.29. The van der Waals surface area contributed by atoms with Gasteiger partial charge in [-0.25, -0.2) is 4.98 Å². The zero-order valence-corrected chi connectivity index (χ0v) is 10.0. The van der Waals surface area contributed by atoms with Crippen LogP contribution >= 0.6 is 23.2 Å². The molecule has 0 bridgehead atoms. The van der Waals surface area contributed by atoms with Gasteiger partial charge in [0.2, 0.25) is 0 Å². The van der Waals surface area contributed by atoms with Crippen LogP contribution < -0.4 is 4.90 Å². The summed E-state index contributed by atoms with van der Waals surface area (Å²) in [4.78, 5) is 6.00. The molecule has 0 saturated heterocycles. The molecule has 1 aromatic heterocycles. The van der Waals surface area contributed by atoms with E-state index in [0.29, 0.717) is 22.3 Å². The van der Waals surface area contributed by atoms with Crippen LogP contribution in [0.3, 0.4) is 0 Å². The van der Waals surface area contributed by atoms with Crippen LogP contribution in [0, 0.1) is 11.3 Å². The quantitative estimate of drug-likeness (QED) is 0.819. The van der Waals surface area contributed by atoms with Crippen LogP contribution in [-0.2, 0) is 0 Å². The highest BCUT2D eigenvalue weighted by Gasteiger charge is 2.14. The van der Waals surface area contributed by atoms with Crippen molar-refractivity contribution in [3.8, 4) is 6.07 Å². The van der Waals surface area contributed by atoms with E-state index in [4.69, 9.17) is 28.5 Å². The highest BCUT2D eigenvalue weighted by Crippen LogP contribution is 2.26. The van der Waals surface area contributed by atoms with Crippen LogP contribution in [0.5, 0.6) is 0 Å².